The monoisotopic (exact) mass is 368 g/mol. The van der Waals surface area contributed by atoms with Gasteiger partial charge in [-0.2, -0.15) is 0 Å². The molecule has 5 heteroatoms. The van der Waals surface area contributed by atoms with E-state index < -0.39 is 17.4 Å². The van der Waals surface area contributed by atoms with Crippen LogP contribution in [0.1, 0.15) is 105 Å². The first kappa shape index (κ1) is 26.8. The van der Waals surface area contributed by atoms with E-state index in [1.165, 1.54) is 25.7 Å². The fourth-order valence-electron chi connectivity index (χ4n) is 3.06. The van der Waals surface area contributed by atoms with E-state index in [-0.39, 0.29) is 65.7 Å². The summed E-state index contributed by atoms with van der Waals surface area (Å²) in [6.45, 7) is 4.31. The number of carboxylic acid groups (broad SMARTS) is 2. The summed E-state index contributed by atoms with van der Waals surface area (Å²) in [5.74, 6) is -2.32. The molecule has 4 nitrogen and oxygen atoms in total. The SMILES string of the molecule is CCCCCCCCC(CCCCCCCC)(C(=O)O)C(=O)O.[H-].[K+]. The Hall–Kier alpha value is 0.576. The van der Waals surface area contributed by atoms with E-state index >= 15 is 0 Å². The van der Waals surface area contributed by atoms with Gasteiger partial charge in [0.15, 0.2) is 5.41 Å². The van der Waals surface area contributed by atoms with Gasteiger partial charge in [-0.25, -0.2) is 0 Å². The Balaban J connectivity index is -0.00000242. The van der Waals surface area contributed by atoms with Crippen molar-refractivity contribution in [2.75, 3.05) is 0 Å². The van der Waals surface area contributed by atoms with Gasteiger partial charge in [0.25, 0.3) is 0 Å². The van der Waals surface area contributed by atoms with Crippen LogP contribution in [0.4, 0.5) is 0 Å². The molecule has 0 saturated carbocycles. The molecular formula is C19H37KO4. The van der Waals surface area contributed by atoms with Crippen molar-refractivity contribution in [1.29, 1.82) is 0 Å². The summed E-state index contributed by atoms with van der Waals surface area (Å²) < 4.78 is 0. The quantitative estimate of drug-likeness (QED) is 0.250. The van der Waals surface area contributed by atoms with Crippen molar-refractivity contribution in [3.8, 4) is 0 Å². The van der Waals surface area contributed by atoms with Crippen molar-refractivity contribution in [3.63, 3.8) is 0 Å². The summed E-state index contributed by atoms with van der Waals surface area (Å²) in [6, 6.07) is 0. The van der Waals surface area contributed by atoms with Crippen LogP contribution in [0.15, 0.2) is 0 Å². The average molecular weight is 369 g/mol. The molecule has 0 unspecified atom stereocenters. The van der Waals surface area contributed by atoms with E-state index in [9.17, 15) is 19.8 Å². The molecule has 0 aromatic carbocycles. The zero-order valence-electron chi connectivity index (χ0n) is 17.1. The van der Waals surface area contributed by atoms with Gasteiger partial charge >= 0.3 is 63.3 Å². The first-order valence-corrected chi connectivity index (χ1v) is 9.48. The minimum atomic E-state index is -1.57. The van der Waals surface area contributed by atoms with Crippen LogP contribution in [0.5, 0.6) is 0 Å². The zero-order chi connectivity index (χ0) is 17.6. The standard InChI is InChI=1S/C19H36O4.K.H/c1-3-5-7-9-11-13-15-19(17(20)21,18(22)23)16-14-12-10-8-6-4-2;;/h3-16H2,1-2H3,(H,20,21)(H,22,23);;/q;+1;-1. The van der Waals surface area contributed by atoms with Crippen LogP contribution in [-0.4, -0.2) is 22.2 Å². The van der Waals surface area contributed by atoms with Crippen molar-refractivity contribution in [1.82, 2.24) is 0 Å². The van der Waals surface area contributed by atoms with Gasteiger partial charge in [-0.05, 0) is 12.8 Å². The predicted molar refractivity (Wildman–Crippen MR) is 94.8 cm³/mol. The Morgan fingerprint density at radius 2 is 0.958 bits per heavy atom. The van der Waals surface area contributed by atoms with Crippen LogP contribution < -0.4 is 51.4 Å². The van der Waals surface area contributed by atoms with Gasteiger partial charge in [-0.3, -0.25) is 9.59 Å². The third-order valence-corrected chi connectivity index (χ3v) is 4.73. The zero-order valence-corrected chi connectivity index (χ0v) is 19.2. The largest absolute Gasteiger partial charge is 1.00 e. The molecule has 138 valence electrons. The summed E-state index contributed by atoms with van der Waals surface area (Å²) in [7, 11) is 0. The molecule has 0 aliphatic rings. The van der Waals surface area contributed by atoms with Gasteiger partial charge in [0.05, 0.1) is 0 Å². The van der Waals surface area contributed by atoms with Crippen LogP contribution in [0.3, 0.4) is 0 Å². The van der Waals surface area contributed by atoms with Gasteiger partial charge < -0.3 is 11.6 Å². The maximum absolute atomic E-state index is 11.6. The molecule has 0 aliphatic carbocycles. The number of unbranched alkanes of at least 4 members (excludes halogenated alkanes) is 10. The third kappa shape index (κ3) is 11.2. The molecule has 0 atom stereocenters. The van der Waals surface area contributed by atoms with E-state index in [1.54, 1.807) is 0 Å². The van der Waals surface area contributed by atoms with Gasteiger partial charge in [-0.15, -0.1) is 0 Å². The van der Waals surface area contributed by atoms with Crippen molar-refractivity contribution in [2.24, 2.45) is 5.41 Å². The maximum atomic E-state index is 11.6. The molecule has 0 aromatic heterocycles. The van der Waals surface area contributed by atoms with Crippen molar-refractivity contribution < 1.29 is 72.6 Å². The summed E-state index contributed by atoms with van der Waals surface area (Å²) in [6.07, 6.45) is 13.0. The second-order valence-electron chi connectivity index (χ2n) is 6.73. The summed E-state index contributed by atoms with van der Waals surface area (Å²) in [4.78, 5) is 23.2. The summed E-state index contributed by atoms with van der Waals surface area (Å²) in [5, 5.41) is 19.0. The van der Waals surface area contributed by atoms with E-state index in [4.69, 9.17) is 0 Å². The topological polar surface area (TPSA) is 74.6 Å². The van der Waals surface area contributed by atoms with Crippen molar-refractivity contribution in [3.05, 3.63) is 0 Å². The Kier molecular flexibility index (Phi) is 19.0. The van der Waals surface area contributed by atoms with Gasteiger partial charge in [-0.1, -0.05) is 90.9 Å². The van der Waals surface area contributed by atoms with Gasteiger partial charge in [0.1, 0.15) is 0 Å². The molecular weight excluding hydrogens is 331 g/mol. The maximum Gasteiger partial charge on any atom is 1.00 e. The molecule has 0 fully saturated rings. The number of carboxylic acids is 2. The second kappa shape index (κ2) is 17.0. The van der Waals surface area contributed by atoms with Crippen LogP contribution in [0.25, 0.3) is 0 Å². The summed E-state index contributed by atoms with van der Waals surface area (Å²) in [5.41, 5.74) is -1.57. The Morgan fingerprint density at radius 3 is 1.25 bits per heavy atom. The minimum absolute atomic E-state index is 0. The minimum Gasteiger partial charge on any atom is -1.00 e. The number of hydrogen-bond donors (Lipinski definition) is 2. The molecule has 0 bridgehead atoms. The van der Waals surface area contributed by atoms with E-state index in [0.717, 1.165) is 38.5 Å². The molecule has 0 amide bonds. The smallest absolute Gasteiger partial charge is 1.00 e. The molecule has 2 N–H and O–H groups in total. The summed E-state index contributed by atoms with van der Waals surface area (Å²) >= 11 is 0. The number of aliphatic carboxylic acids is 2. The average Bonchev–Trinajstić information content (AvgIpc) is 2.51. The number of hydrogen-bond acceptors (Lipinski definition) is 2. The molecule has 0 radical (unpaired) electrons. The third-order valence-electron chi connectivity index (χ3n) is 4.73. The normalized spacial score (nSPS) is 11.1. The van der Waals surface area contributed by atoms with E-state index in [2.05, 4.69) is 13.8 Å². The van der Waals surface area contributed by atoms with Gasteiger partial charge in [0, 0.05) is 0 Å². The van der Waals surface area contributed by atoms with Crippen LogP contribution in [0, 0.1) is 5.41 Å². The molecule has 0 rings (SSSR count). The van der Waals surface area contributed by atoms with Crippen molar-refractivity contribution in [2.45, 2.75) is 104 Å². The van der Waals surface area contributed by atoms with Crippen molar-refractivity contribution >= 4 is 11.9 Å². The number of rotatable bonds is 16. The molecule has 0 aliphatic heterocycles. The fraction of sp³-hybridized carbons (Fsp3) is 0.895. The molecule has 0 spiro atoms. The van der Waals surface area contributed by atoms with Crippen LogP contribution in [-0.2, 0) is 9.59 Å². The van der Waals surface area contributed by atoms with Crippen LogP contribution in [0.2, 0.25) is 0 Å². The Labute approximate surface area is 192 Å². The molecule has 0 aromatic rings. The number of carbonyl (C=O) groups is 2. The van der Waals surface area contributed by atoms with Gasteiger partial charge in [0.2, 0.25) is 0 Å². The fourth-order valence-corrected chi connectivity index (χ4v) is 3.06. The Morgan fingerprint density at radius 1 is 0.667 bits per heavy atom. The molecule has 24 heavy (non-hydrogen) atoms. The molecule has 0 heterocycles. The first-order chi connectivity index (χ1) is 11.0. The first-order valence-electron chi connectivity index (χ1n) is 9.48. The van der Waals surface area contributed by atoms with E-state index in [1.807, 2.05) is 0 Å². The predicted octanol–water partition coefficient (Wildman–Crippen LogP) is 2.76. The van der Waals surface area contributed by atoms with E-state index in [0.29, 0.717) is 12.8 Å². The molecule has 0 saturated heterocycles. The second-order valence-corrected chi connectivity index (χ2v) is 6.73. The Bertz CT molecular complexity index is 305. The van der Waals surface area contributed by atoms with Crippen LogP contribution >= 0.6 is 0 Å².